The van der Waals surface area contributed by atoms with Crippen LogP contribution in [0, 0.1) is 5.82 Å². The Morgan fingerprint density at radius 1 is 1.14 bits per heavy atom. The quantitative estimate of drug-likeness (QED) is 0.571. The minimum absolute atomic E-state index is 0.0363. The summed E-state index contributed by atoms with van der Waals surface area (Å²) in [5.41, 5.74) is 7.28. The third kappa shape index (κ3) is 2.84. The molecule has 6 heteroatoms. The van der Waals surface area contributed by atoms with Crippen LogP contribution in [0.1, 0.15) is 11.4 Å². The largest absolute Gasteiger partial charge is 0.506 e. The van der Waals surface area contributed by atoms with E-state index in [2.05, 4.69) is 10.1 Å². The highest BCUT2D eigenvalue weighted by Gasteiger charge is 2.11. The zero-order chi connectivity index (χ0) is 14.8. The Kier molecular flexibility index (Phi) is 3.27. The van der Waals surface area contributed by atoms with Crippen LogP contribution in [-0.2, 0) is 6.42 Å². The van der Waals surface area contributed by atoms with Gasteiger partial charge < -0.3 is 15.4 Å². The summed E-state index contributed by atoms with van der Waals surface area (Å²) in [5.74, 6) is 0.450. The smallest absolute Gasteiger partial charge is 0.258 e. The summed E-state index contributed by atoms with van der Waals surface area (Å²) in [6, 6.07) is 10.8. The van der Waals surface area contributed by atoms with E-state index in [1.54, 1.807) is 24.3 Å². The number of benzene rings is 2. The van der Waals surface area contributed by atoms with Crippen LogP contribution in [0.5, 0.6) is 5.75 Å². The second-order valence-corrected chi connectivity index (χ2v) is 4.59. The molecule has 0 saturated heterocycles. The average Bonchev–Trinajstić information content (AvgIpc) is 2.93. The van der Waals surface area contributed by atoms with E-state index in [0.717, 1.165) is 5.56 Å². The number of halogens is 1. The molecule has 5 nitrogen and oxygen atoms in total. The lowest BCUT2D eigenvalue weighted by Gasteiger charge is -1.99. The predicted octanol–water partition coefficient (Wildman–Crippen LogP) is 2.75. The number of phenolic OH excluding ortho intramolecular Hbond substituents is 1. The van der Waals surface area contributed by atoms with Crippen LogP contribution in [-0.4, -0.2) is 15.2 Å². The molecule has 1 aromatic heterocycles. The first-order valence-corrected chi connectivity index (χ1v) is 6.28. The minimum Gasteiger partial charge on any atom is -0.506 e. The van der Waals surface area contributed by atoms with Crippen LogP contribution in [0.15, 0.2) is 47.0 Å². The maximum absolute atomic E-state index is 12.8. The summed E-state index contributed by atoms with van der Waals surface area (Å²) in [6.07, 6.45) is 0.435. The summed E-state index contributed by atoms with van der Waals surface area (Å²) in [7, 11) is 0. The molecule has 3 aromatic rings. The van der Waals surface area contributed by atoms with Gasteiger partial charge in [-0.15, -0.1) is 0 Å². The average molecular weight is 285 g/mol. The SMILES string of the molecule is Nc1ccc(-c2nc(Cc3ccc(F)cc3)no2)cc1O. The molecule has 3 rings (SSSR count). The number of hydrogen-bond acceptors (Lipinski definition) is 5. The number of rotatable bonds is 3. The topological polar surface area (TPSA) is 85.2 Å². The van der Waals surface area contributed by atoms with Gasteiger partial charge in [0.2, 0.25) is 0 Å². The summed E-state index contributed by atoms with van der Waals surface area (Å²) < 4.78 is 18.0. The summed E-state index contributed by atoms with van der Waals surface area (Å²) in [5, 5.41) is 13.4. The van der Waals surface area contributed by atoms with E-state index >= 15 is 0 Å². The van der Waals surface area contributed by atoms with Gasteiger partial charge in [0.1, 0.15) is 11.6 Å². The van der Waals surface area contributed by atoms with Crippen molar-refractivity contribution in [2.75, 3.05) is 5.73 Å². The van der Waals surface area contributed by atoms with E-state index in [9.17, 15) is 9.50 Å². The zero-order valence-corrected chi connectivity index (χ0v) is 11.0. The highest BCUT2D eigenvalue weighted by atomic mass is 19.1. The van der Waals surface area contributed by atoms with Crippen LogP contribution in [0.2, 0.25) is 0 Å². The van der Waals surface area contributed by atoms with Crippen molar-refractivity contribution in [1.82, 2.24) is 10.1 Å². The molecule has 0 atom stereocenters. The van der Waals surface area contributed by atoms with Crippen molar-refractivity contribution in [3.8, 4) is 17.2 Å². The van der Waals surface area contributed by atoms with Gasteiger partial charge in [-0.2, -0.15) is 4.98 Å². The van der Waals surface area contributed by atoms with Gasteiger partial charge in [0.15, 0.2) is 5.82 Å². The maximum Gasteiger partial charge on any atom is 0.258 e. The van der Waals surface area contributed by atoms with Gasteiger partial charge in [-0.05, 0) is 35.9 Å². The molecule has 0 amide bonds. The first-order valence-electron chi connectivity index (χ1n) is 6.28. The summed E-state index contributed by atoms with van der Waals surface area (Å²) in [4.78, 5) is 4.25. The van der Waals surface area contributed by atoms with Crippen LogP contribution in [0.25, 0.3) is 11.5 Å². The summed E-state index contributed by atoms with van der Waals surface area (Å²) in [6.45, 7) is 0. The Balaban J connectivity index is 1.82. The molecule has 1 heterocycles. The Labute approximate surface area is 119 Å². The lowest BCUT2D eigenvalue weighted by atomic mass is 10.1. The van der Waals surface area contributed by atoms with Gasteiger partial charge >= 0.3 is 0 Å². The van der Waals surface area contributed by atoms with Gasteiger partial charge in [0, 0.05) is 12.0 Å². The fourth-order valence-corrected chi connectivity index (χ4v) is 1.90. The van der Waals surface area contributed by atoms with Crippen molar-refractivity contribution >= 4 is 5.69 Å². The zero-order valence-electron chi connectivity index (χ0n) is 11.0. The monoisotopic (exact) mass is 285 g/mol. The molecular weight excluding hydrogens is 273 g/mol. The molecule has 3 N–H and O–H groups in total. The van der Waals surface area contributed by atoms with Crippen molar-refractivity contribution < 1.29 is 14.0 Å². The lowest BCUT2D eigenvalue weighted by molar-refractivity contribution is 0.423. The fourth-order valence-electron chi connectivity index (χ4n) is 1.90. The van der Waals surface area contributed by atoms with Crippen LogP contribution in [0.3, 0.4) is 0 Å². The highest BCUT2D eigenvalue weighted by Crippen LogP contribution is 2.27. The Hall–Kier alpha value is -2.89. The molecule has 0 unspecified atom stereocenters. The molecule has 0 bridgehead atoms. The molecule has 0 aliphatic carbocycles. The fraction of sp³-hybridized carbons (Fsp3) is 0.0667. The van der Waals surface area contributed by atoms with Crippen LogP contribution >= 0.6 is 0 Å². The number of aromatic hydroxyl groups is 1. The second-order valence-electron chi connectivity index (χ2n) is 4.59. The first kappa shape index (κ1) is 13.1. The van der Waals surface area contributed by atoms with Crippen molar-refractivity contribution in [2.45, 2.75) is 6.42 Å². The molecule has 2 aromatic carbocycles. The highest BCUT2D eigenvalue weighted by molar-refractivity contribution is 5.63. The van der Waals surface area contributed by atoms with E-state index in [4.69, 9.17) is 10.3 Å². The number of nitrogens with two attached hydrogens (primary N) is 1. The van der Waals surface area contributed by atoms with Gasteiger partial charge in [-0.25, -0.2) is 4.39 Å². The van der Waals surface area contributed by atoms with Crippen LogP contribution in [0.4, 0.5) is 10.1 Å². The standard InChI is InChI=1S/C15H12FN3O2/c16-11-4-1-9(2-5-11)7-14-18-15(21-19-14)10-3-6-12(17)13(20)8-10/h1-6,8,20H,7,17H2. The van der Waals surface area contributed by atoms with E-state index in [-0.39, 0.29) is 17.3 Å². The lowest BCUT2D eigenvalue weighted by Crippen LogP contribution is -1.91. The normalized spacial score (nSPS) is 10.7. The predicted molar refractivity (Wildman–Crippen MR) is 75.0 cm³/mol. The van der Waals surface area contributed by atoms with Gasteiger partial charge in [0.05, 0.1) is 5.69 Å². The number of nitrogen functional groups attached to an aromatic ring is 1. The maximum atomic E-state index is 12.8. The first-order chi connectivity index (χ1) is 10.1. The van der Waals surface area contributed by atoms with Gasteiger partial charge in [-0.3, -0.25) is 0 Å². The minimum atomic E-state index is -0.287. The van der Waals surface area contributed by atoms with Crippen molar-refractivity contribution in [1.29, 1.82) is 0 Å². The van der Waals surface area contributed by atoms with E-state index in [1.807, 2.05) is 0 Å². The third-order valence-electron chi connectivity index (χ3n) is 3.02. The van der Waals surface area contributed by atoms with E-state index < -0.39 is 0 Å². The summed E-state index contributed by atoms with van der Waals surface area (Å²) >= 11 is 0. The number of phenols is 1. The molecular formula is C15H12FN3O2. The number of nitrogens with zero attached hydrogens (tertiary/aromatic N) is 2. The molecule has 21 heavy (non-hydrogen) atoms. The second kappa shape index (κ2) is 5.24. The molecule has 0 radical (unpaired) electrons. The van der Waals surface area contributed by atoms with Crippen molar-refractivity contribution in [2.24, 2.45) is 0 Å². The Bertz CT molecular complexity index is 769. The van der Waals surface area contributed by atoms with E-state index in [0.29, 0.717) is 23.7 Å². The molecule has 0 aliphatic rings. The van der Waals surface area contributed by atoms with Gasteiger partial charge in [-0.1, -0.05) is 17.3 Å². The third-order valence-corrected chi connectivity index (χ3v) is 3.02. The number of anilines is 1. The molecule has 0 aliphatic heterocycles. The van der Waals surface area contributed by atoms with Crippen molar-refractivity contribution in [3.05, 3.63) is 59.7 Å². The van der Waals surface area contributed by atoms with Crippen LogP contribution < -0.4 is 5.73 Å². The molecule has 0 spiro atoms. The number of hydrogen-bond donors (Lipinski definition) is 2. The molecule has 0 saturated carbocycles. The van der Waals surface area contributed by atoms with Gasteiger partial charge in [0.25, 0.3) is 5.89 Å². The number of aromatic nitrogens is 2. The van der Waals surface area contributed by atoms with Crippen molar-refractivity contribution in [3.63, 3.8) is 0 Å². The Morgan fingerprint density at radius 2 is 1.90 bits per heavy atom. The Morgan fingerprint density at radius 3 is 2.62 bits per heavy atom. The molecule has 106 valence electrons. The van der Waals surface area contributed by atoms with E-state index in [1.165, 1.54) is 18.2 Å². The molecule has 0 fully saturated rings.